The van der Waals surface area contributed by atoms with Crippen molar-refractivity contribution < 1.29 is 9.84 Å². The van der Waals surface area contributed by atoms with E-state index in [1.165, 1.54) is 19.2 Å². The van der Waals surface area contributed by atoms with Crippen LogP contribution in [-0.2, 0) is 0 Å². The molecule has 0 heterocycles. The summed E-state index contributed by atoms with van der Waals surface area (Å²) in [6.07, 6.45) is 0. The highest BCUT2D eigenvalue weighted by Gasteiger charge is 2.10. The fourth-order valence-electron chi connectivity index (χ4n) is 1.03. The third-order valence-corrected chi connectivity index (χ3v) is 1.69. The van der Waals surface area contributed by atoms with E-state index in [9.17, 15) is 0 Å². The van der Waals surface area contributed by atoms with Gasteiger partial charge < -0.3 is 15.6 Å². The van der Waals surface area contributed by atoms with E-state index in [1.54, 1.807) is 6.07 Å². The van der Waals surface area contributed by atoms with Crippen molar-refractivity contribution in [3.63, 3.8) is 0 Å². The van der Waals surface area contributed by atoms with Crippen LogP contribution in [0.1, 0.15) is 11.6 Å². The summed E-state index contributed by atoms with van der Waals surface area (Å²) >= 11 is 0. The van der Waals surface area contributed by atoms with Crippen LogP contribution in [-0.4, -0.2) is 12.2 Å². The Kier molecular flexibility index (Phi) is 2.72. The van der Waals surface area contributed by atoms with Crippen LogP contribution in [0, 0.1) is 11.3 Å². The number of rotatable bonds is 2. The Morgan fingerprint density at radius 1 is 1.62 bits per heavy atom. The molecule has 1 aromatic rings. The van der Waals surface area contributed by atoms with Gasteiger partial charge in [0.1, 0.15) is 17.5 Å². The number of methoxy groups -OCH3 is 1. The Balaban J connectivity index is 3.15. The largest absolute Gasteiger partial charge is 0.508 e. The Morgan fingerprint density at radius 2 is 2.31 bits per heavy atom. The molecule has 0 saturated heterocycles. The van der Waals surface area contributed by atoms with E-state index >= 15 is 0 Å². The molecule has 0 aliphatic heterocycles. The van der Waals surface area contributed by atoms with Gasteiger partial charge in [-0.1, -0.05) is 0 Å². The van der Waals surface area contributed by atoms with Gasteiger partial charge in [-0.25, -0.2) is 0 Å². The molecule has 3 N–H and O–H groups in total. The smallest absolute Gasteiger partial charge is 0.128 e. The summed E-state index contributed by atoms with van der Waals surface area (Å²) in [5, 5.41) is 17.7. The van der Waals surface area contributed by atoms with Crippen molar-refractivity contribution >= 4 is 0 Å². The first-order valence-electron chi connectivity index (χ1n) is 3.71. The fourth-order valence-corrected chi connectivity index (χ4v) is 1.03. The highest BCUT2D eigenvalue weighted by molar-refractivity contribution is 5.43. The Labute approximate surface area is 76.2 Å². The molecule has 1 aromatic carbocycles. The van der Waals surface area contributed by atoms with Gasteiger partial charge in [0.15, 0.2) is 0 Å². The monoisotopic (exact) mass is 178 g/mol. The average molecular weight is 178 g/mol. The second-order valence-electron chi connectivity index (χ2n) is 2.53. The molecule has 0 fully saturated rings. The van der Waals surface area contributed by atoms with E-state index in [1.807, 2.05) is 6.07 Å². The van der Waals surface area contributed by atoms with Crippen LogP contribution >= 0.6 is 0 Å². The van der Waals surface area contributed by atoms with Crippen molar-refractivity contribution in [1.29, 1.82) is 5.26 Å². The van der Waals surface area contributed by atoms with E-state index in [0.717, 1.165) is 0 Å². The summed E-state index contributed by atoms with van der Waals surface area (Å²) < 4.78 is 4.96. The van der Waals surface area contributed by atoms with Crippen molar-refractivity contribution in [2.24, 2.45) is 5.73 Å². The lowest BCUT2D eigenvalue weighted by Crippen LogP contribution is -2.08. The van der Waals surface area contributed by atoms with Gasteiger partial charge in [-0.05, 0) is 12.1 Å². The van der Waals surface area contributed by atoms with E-state index in [-0.39, 0.29) is 5.75 Å². The molecule has 4 nitrogen and oxygen atoms in total. The topological polar surface area (TPSA) is 79.3 Å². The number of aromatic hydroxyl groups is 1. The normalized spacial score (nSPS) is 11.8. The van der Waals surface area contributed by atoms with Crippen LogP contribution in [0.15, 0.2) is 18.2 Å². The lowest BCUT2D eigenvalue weighted by Gasteiger charge is -2.09. The minimum absolute atomic E-state index is 0.0886. The number of nitrogens with two attached hydrogens (primary N) is 1. The molecular weight excluding hydrogens is 168 g/mol. The maximum Gasteiger partial charge on any atom is 0.128 e. The minimum atomic E-state index is -0.726. The summed E-state index contributed by atoms with van der Waals surface area (Å²) in [6, 6.07) is 5.63. The van der Waals surface area contributed by atoms with Crippen LogP contribution in [0.25, 0.3) is 0 Å². The predicted octanol–water partition coefficient (Wildman–Crippen LogP) is 0.924. The van der Waals surface area contributed by atoms with Crippen LogP contribution in [0.2, 0.25) is 0 Å². The van der Waals surface area contributed by atoms with Crippen LogP contribution < -0.4 is 10.5 Å². The molecule has 0 amide bonds. The molecular formula is C9H10N2O2. The molecule has 0 bridgehead atoms. The predicted molar refractivity (Wildman–Crippen MR) is 47.2 cm³/mol. The van der Waals surface area contributed by atoms with E-state index in [0.29, 0.717) is 11.3 Å². The van der Waals surface area contributed by atoms with Gasteiger partial charge in [-0.3, -0.25) is 0 Å². The first kappa shape index (κ1) is 9.36. The van der Waals surface area contributed by atoms with E-state index in [4.69, 9.17) is 20.8 Å². The van der Waals surface area contributed by atoms with Crippen molar-refractivity contribution in [1.82, 2.24) is 0 Å². The number of ether oxygens (including phenoxy) is 1. The van der Waals surface area contributed by atoms with Gasteiger partial charge in [0, 0.05) is 11.6 Å². The highest BCUT2D eigenvalue weighted by atomic mass is 16.5. The molecule has 0 aliphatic carbocycles. The fraction of sp³-hybridized carbons (Fsp3) is 0.222. The molecule has 0 radical (unpaired) electrons. The molecule has 68 valence electrons. The standard InChI is InChI=1S/C9H10N2O2/c1-13-9-4-6(12)2-3-7(9)8(11)5-10/h2-4,8,12H,11H2,1H3/t8-/m0/s1. The van der Waals surface area contributed by atoms with Crippen molar-refractivity contribution in [2.75, 3.05) is 7.11 Å². The average Bonchev–Trinajstić information content (AvgIpc) is 2.16. The van der Waals surface area contributed by atoms with Crippen molar-refractivity contribution in [2.45, 2.75) is 6.04 Å². The maximum absolute atomic E-state index is 9.12. The molecule has 0 unspecified atom stereocenters. The molecule has 13 heavy (non-hydrogen) atoms. The quantitative estimate of drug-likeness (QED) is 0.705. The van der Waals surface area contributed by atoms with Crippen LogP contribution in [0.5, 0.6) is 11.5 Å². The van der Waals surface area contributed by atoms with E-state index < -0.39 is 6.04 Å². The zero-order valence-electron chi connectivity index (χ0n) is 7.19. The second kappa shape index (κ2) is 3.78. The Morgan fingerprint density at radius 3 is 2.85 bits per heavy atom. The number of hydrogen-bond donors (Lipinski definition) is 2. The zero-order valence-corrected chi connectivity index (χ0v) is 7.19. The summed E-state index contributed by atoms with van der Waals surface area (Å²) in [4.78, 5) is 0. The van der Waals surface area contributed by atoms with Gasteiger partial charge >= 0.3 is 0 Å². The summed E-state index contributed by atoms with van der Waals surface area (Å²) in [5.41, 5.74) is 6.07. The van der Waals surface area contributed by atoms with Crippen LogP contribution in [0.3, 0.4) is 0 Å². The lowest BCUT2D eigenvalue weighted by atomic mass is 10.1. The molecule has 4 heteroatoms. The first-order valence-corrected chi connectivity index (χ1v) is 3.71. The highest BCUT2D eigenvalue weighted by Crippen LogP contribution is 2.27. The SMILES string of the molecule is COc1cc(O)ccc1[C@@H](N)C#N. The summed E-state index contributed by atoms with van der Waals surface area (Å²) in [6.45, 7) is 0. The summed E-state index contributed by atoms with van der Waals surface area (Å²) in [7, 11) is 1.46. The minimum Gasteiger partial charge on any atom is -0.508 e. The molecule has 1 atom stereocenters. The van der Waals surface area contributed by atoms with Gasteiger partial charge in [0.05, 0.1) is 13.2 Å². The van der Waals surface area contributed by atoms with Crippen LogP contribution in [0.4, 0.5) is 0 Å². The number of nitrogens with zero attached hydrogens (tertiary/aromatic N) is 1. The van der Waals surface area contributed by atoms with Crippen molar-refractivity contribution in [3.8, 4) is 17.6 Å². The number of benzene rings is 1. The Bertz CT molecular complexity index is 344. The molecule has 0 aromatic heterocycles. The molecule has 0 saturated carbocycles. The Hall–Kier alpha value is -1.73. The van der Waals surface area contributed by atoms with Gasteiger partial charge in [0.25, 0.3) is 0 Å². The third-order valence-electron chi connectivity index (χ3n) is 1.69. The zero-order chi connectivity index (χ0) is 9.84. The number of phenols is 1. The maximum atomic E-state index is 9.12. The first-order chi connectivity index (χ1) is 6.19. The van der Waals surface area contributed by atoms with Gasteiger partial charge in [-0.15, -0.1) is 0 Å². The van der Waals surface area contributed by atoms with E-state index in [2.05, 4.69) is 0 Å². The molecule has 0 aliphatic rings. The van der Waals surface area contributed by atoms with Crippen molar-refractivity contribution in [3.05, 3.63) is 23.8 Å². The molecule has 1 rings (SSSR count). The second-order valence-corrected chi connectivity index (χ2v) is 2.53. The number of hydrogen-bond acceptors (Lipinski definition) is 4. The third kappa shape index (κ3) is 1.89. The lowest BCUT2D eigenvalue weighted by molar-refractivity contribution is 0.401. The van der Waals surface area contributed by atoms with Gasteiger partial charge in [0.2, 0.25) is 0 Å². The number of phenolic OH excluding ortho intramolecular Hbond substituents is 1. The number of nitriles is 1. The molecule has 0 spiro atoms. The van der Waals surface area contributed by atoms with Gasteiger partial charge in [-0.2, -0.15) is 5.26 Å². The summed E-state index contributed by atoms with van der Waals surface area (Å²) in [5.74, 6) is 0.514.